The molecule has 0 radical (unpaired) electrons. The maximum Gasteiger partial charge on any atom is 0.180 e. The molecule has 0 bridgehead atoms. The molecule has 1 aromatic rings. The van der Waals surface area contributed by atoms with E-state index in [0.717, 1.165) is 25.7 Å². The van der Waals surface area contributed by atoms with Crippen LogP contribution in [0.1, 0.15) is 39.0 Å². The Bertz CT molecular complexity index is 548. The second-order valence-corrected chi connectivity index (χ2v) is 7.66. The molecule has 2 N–H and O–H groups in total. The van der Waals surface area contributed by atoms with E-state index >= 15 is 0 Å². The molecule has 0 heterocycles. The zero-order valence-electron chi connectivity index (χ0n) is 11.9. The van der Waals surface area contributed by atoms with E-state index in [9.17, 15) is 13.5 Å². The zero-order valence-corrected chi connectivity index (χ0v) is 12.7. The molecule has 0 saturated heterocycles. The number of nitrogens with one attached hydrogen (secondary N) is 1. The summed E-state index contributed by atoms with van der Waals surface area (Å²) in [4.78, 5) is 0.349. The van der Waals surface area contributed by atoms with Gasteiger partial charge in [-0.3, -0.25) is 0 Å². The highest BCUT2D eigenvalue weighted by Crippen LogP contribution is 2.35. The summed E-state index contributed by atoms with van der Waals surface area (Å²) in [5.41, 5.74) is 0.259. The minimum Gasteiger partial charge on any atom is -0.394 e. The Hall–Kier alpha value is -1.07. The van der Waals surface area contributed by atoms with Crippen LogP contribution in [0.4, 0.5) is 5.69 Å². The van der Waals surface area contributed by atoms with Gasteiger partial charge in [-0.15, -0.1) is 0 Å². The van der Waals surface area contributed by atoms with Crippen LogP contribution in [0.3, 0.4) is 0 Å². The van der Waals surface area contributed by atoms with Gasteiger partial charge in [0.1, 0.15) is 0 Å². The number of aliphatic hydroxyl groups excluding tert-OH is 1. The summed E-state index contributed by atoms with van der Waals surface area (Å²) in [5, 5.41) is 13.0. The molecule has 0 aliphatic heterocycles. The summed E-state index contributed by atoms with van der Waals surface area (Å²) >= 11 is 0. The van der Waals surface area contributed by atoms with Crippen LogP contribution < -0.4 is 5.32 Å². The van der Waals surface area contributed by atoms with Gasteiger partial charge in [-0.05, 0) is 31.4 Å². The van der Waals surface area contributed by atoms with E-state index in [-0.39, 0.29) is 17.9 Å². The molecular weight excluding hydrogens is 274 g/mol. The van der Waals surface area contributed by atoms with E-state index in [0.29, 0.717) is 17.0 Å². The molecule has 1 aromatic carbocycles. The number of sulfone groups is 1. The fourth-order valence-corrected chi connectivity index (χ4v) is 4.38. The van der Waals surface area contributed by atoms with Gasteiger partial charge in [0.05, 0.1) is 28.5 Å². The molecule has 112 valence electrons. The molecule has 5 heteroatoms. The molecule has 0 aromatic heterocycles. The molecule has 1 fully saturated rings. The molecule has 4 nitrogen and oxygen atoms in total. The predicted octanol–water partition coefficient (Wildman–Crippen LogP) is 2.59. The van der Waals surface area contributed by atoms with Gasteiger partial charge in [0.25, 0.3) is 0 Å². The lowest BCUT2D eigenvalue weighted by Gasteiger charge is -2.30. The SMILES string of the molecule is CCCS(=O)(=O)c1ccccc1NC1(CO)CCCC1. The van der Waals surface area contributed by atoms with Crippen LogP contribution in [0.2, 0.25) is 0 Å². The standard InChI is InChI=1S/C15H23NO3S/c1-2-11-20(18,19)14-8-4-3-7-13(14)16-15(12-17)9-5-6-10-15/h3-4,7-8,16-17H,2,5-6,9-12H2,1H3. The predicted molar refractivity (Wildman–Crippen MR) is 80.7 cm³/mol. The average Bonchev–Trinajstić information content (AvgIpc) is 2.88. The van der Waals surface area contributed by atoms with Crippen molar-refractivity contribution >= 4 is 15.5 Å². The number of hydrogen-bond acceptors (Lipinski definition) is 4. The van der Waals surface area contributed by atoms with Gasteiger partial charge in [-0.2, -0.15) is 0 Å². The first-order valence-corrected chi connectivity index (χ1v) is 8.89. The number of aliphatic hydroxyl groups is 1. The number of benzene rings is 1. The van der Waals surface area contributed by atoms with Gasteiger partial charge in [0, 0.05) is 0 Å². The van der Waals surface area contributed by atoms with Gasteiger partial charge in [0.15, 0.2) is 9.84 Å². The molecule has 0 unspecified atom stereocenters. The third-order valence-electron chi connectivity index (χ3n) is 3.96. The van der Waals surface area contributed by atoms with Crippen molar-refractivity contribution in [1.29, 1.82) is 0 Å². The molecule has 0 spiro atoms. The van der Waals surface area contributed by atoms with Gasteiger partial charge in [0.2, 0.25) is 0 Å². The van der Waals surface area contributed by atoms with Gasteiger partial charge >= 0.3 is 0 Å². The summed E-state index contributed by atoms with van der Waals surface area (Å²) in [6.07, 6.45) is 4.49. The minimum absolute atomic E-state index is 0.0369. The molecule has 0 atom stereocenters. The third kappa shape index (κ3) is 3.15. The van der Waals surface area contributed by atoms with Crippen LogP contribution in [0, 0.1) is 0 Å². The van der Waals surface area contributed by atoms with E-state index in [1.165, 1.54) is 0 Å². The first-order valence-electron chi connectivity index (χ1n) is 7.24. The van der Waals surface area contributed by atoms with E-state index in [1.807, 2.05) is 13.0 Å². The van der Waals surface area contributed by atoms with Crippen LogP contribution in [0.5, 0.6) is 0 Å². The van der Waals surface area contributed by atoms with Gasteiger partial charge < -0.3 is 10.4 Å². The highest BCUT2D eigenvalue weighted by atomic mass is 32.2. The monoisotopic (exact) mass is 297 g/mol. The maximum absolute atomic E-state index is 12.3. The first-order chi connectivity index (χ1) is 9.53. The van der Waals surface area contributed by atoms with Gasteiger partial charge in [-0.1, -0.05) is 31.9 Å². The number of rotatable bonds is 6. The van der Waals surface area contributed by atoms with Crippen molar-refractivity contribution < 1.29 is 13.5 Å². The summed E-state index contributed by atoms with van der Waals surface area (Å²) < 4.78 is 24.6. The normalized spacial score (nSPS) is 18.1. The minimum atomic E-state index is -3.26. The van der Waals surface area contributed by atoms with Crippen molar-refractivity contribution in [2.45, 2.75) is 49.5 Å². The smallest absolute Gasteiger partial charge is 0.180 e. The number of anilines is 1. The lowest BCUT2D eigenvalue weighted by Crippen LogP contribution is -2.39. The van der Waals surface area contributed by atoms with Gasteiger partial charge in [-0.25, -0.2) is 8.42 Å². The number of hydrogen-bond donors (Lipinski definition) is 2. The molecule has 0 amide bonds. The molecular formula is C15H23NO3S. The molecule has 2 rings (SSSR count). The Morgan fingerprint density at radius 1 is 1.25 bits per heavy atom. The summed E-state index contributed by atoms with van der Waals surface area (Å²) in [6.45, 7) is 1.90. The van der Waals surface area contributed by atoms with Crippen LogP contribution in [-0.2, 0) is 9.84 Å². The van der Waals surface area contributed by atoms with Crippen molar-refractivity contribution in [1.82, 2.24) is 0 Å². The highest BCUT2D eigenvalue weighted by molar-refractivity contribution is 7.91. The van der Waals surface area contributed by atoms with Crippen LogP contribution in [0.15, 0.2) is 29.2 Å². The topological polar surface area (TPSA) is 66.4 Å². The number of para-hydroxylation sites is 1. The van der Waals surface area contributed by atoms with E-state index in [2.05, 4.69) is 5.32 Å². The van der Waals surface area contributed by atoms with Crippen LogP contribution in [0.25, 0.3) is 0 Å². The van der Waals surface area contributed by atoms with Crippen LogP contribution >= 0.6 is 0 Å². The molecule has 1 aliphatic rings. The lowest BCUT2D eigenvalue weighted by molar-refractivity contribution is 0.214. The zero-order chi connectivity index (χ0) is 14.6. The Morgan fingerprint density at radius 3 is 2.50 bits per heavy atom. The Kier molecular flexibility index (Phi) is 4.70. The van der Waals surface area contributed by atoms with Crippen molar-refractivity contribution in [3.8, 4) is 0 Å². The van der Waals surface area contributed by atoms with Crippen molar-refractivity contribution in [2.24, 2.45) is 0 Å². The Labute approximate surface area is 121 Å². The largest absolute Gasteiger partial charge is 0.394 e. The molecule has 1 aliphatic carbocycles. The second-order valence-electron chi connectivity index (χ2n) is 5.59. The quantitative estimate of drug-likeness (QED) is 0.847. The Morgan fingerprint density at radius 2 is 1.90 bits per heavy atom. The molecule has 1 saturated carbocycles. The lowest BCUT2D eigenvalue weighted by atomic mass is 9.98. The maximum atomic E-state index is 12.3. The summed E-state index contributed by atoms with van der Waals surface area (Å²) in [7, 11) is -3.26. The van der Waals surface area contributed by atoms with Crippen molar-refractivity contribution in [3.63, 3.8) is 0 Å². The van der Waals surface area contributed by atoms with E-state index in [1.54, 1.807) is 18.2 Å². The summed E-state index contributed by atoms with van der Waals surface area (Å²) in [6, 6.07) is 7.01. The third-order valence-corrected chi connectivity index (χ3v) is 5.93. The fourth-order valence-electron chi connectivity index (χ4n) is 2.88. The van der Waals surface area contributed by atoms with Crippen molar-refractivity contribution in [3.05, 3.63) is 24.3 Å². The average molecular weight is 297 g/mol. The van der Waals surface area contributed by atoms with Crippen molar-refractivity contribution in [2.75, 3.05) is 17.7 Å². The molecule has 20 heavy (non-hydrogen) atoms. The summed E-state index contributed by atoms with van der Waals surface area (Å²) in [5.74, 6) is 0.151. The second kappa shape index (κ2) is 6.14. The fraction of sp³-hybridized carbons (Fsp3) is 0.600. The van der Waals surface area contributed by atoms with E-state index in [4.69, 9.17) is 0 Å². The highest BCUT2D eigenvalue weighted by Gasteiger charge is 2.34. The van der Waals surface area contributed by atoms with Crippen LogP contribution in [-0.4, -0.2) is 31.4 Å². The van der Waals surface area contributed by atoms with E-state index < -0.39 is 9.84 Å². The Balaban J connectivity index is 2.33. The first kappa shape index (κ1) is 15.3.